The molecule has 0 saturated heterocycles. The highest BCUT2D eigenvalue weighted by Gasteiger charge is 2.08. The first-order chi connectivity index (χ1) is 11.5. The number of carbonyl (C=O) groups is 3. The van der Waals surface area contributed by atoms with Gasteiger partial charge in [-0.2, -0.15) is 0 Å². The van der Waals surface area contributed by atoms with Crippen molar-refractivity contribution in [2.45, 2.75) is 0 Å². The van der Waals surface area contributed by atoms with E-state index in [1.807, 2.05) is 0 Å². The van der Waals surface area contributed by atoms with Gasteiger partial charge in [-0.15, -0.1) is 0 Å². The Balaban J connectivity index is 1.70. The van der Waals surface area contributed by atoms with Crippen LogP contribution in [0.3, 0.4) is 0 Å². The van der Waals surface area contributed by atoms with Gasteiger partial charge in [0.05, 0.1) is 0 Å². The minimum atomic E-state index is -0.716. The van der Waals surface area contributed by atoms with Crippen LogP contribution in [0.1, 0.15) is 16.1 Å². The minimum absolute atomic E-state index is 0.391. The lowest BCUT2D eigenvalue weighted by Crippen LogP contribution is -2.43. The largest absolute Gasteiger partial charge is 0.452 e. The second-order valence-corrected chi connectivity index (χ2v) is 5.23. The van der Waals surface area contributed by atoms with Crippen molar-refractivity contribution in [3.63, 3.8) is 0 Å². The summed E-state index contributed by atoms with van der Waals surface area (Å²) >= 11 is 3.13. The lowest BCUT2D eigenvalue weighted by atomic mass is 10.2. The van der Waals surface area contributed by atoms with Crippen LogP contribution in [0.2, 0.25) is 0 Å². The number of nitrogens with one attached hydrogen (secondary N) is 2. The highest BCUT2D eigenvalue weighted by Crippen LogP contribution is 2.14. The topological polar surface area (TPSA) is 97.6 Å². The number of hydrogen-bond acceptors (Lipinski definition) is 5. The maximum Gasteiger partial charge on any atom is 0.331 e. The highest BCUT2D eigenvalue weighted by atomic mass is 79.9. The van der Waals surface area contributed by atoms with Crippen LogP contribution in [0, 0.1) is 0 Å². The predicted molar refractivity (Wildman–Crippen MR) is 88.5 cm³/mol. The molecule has 0 fully saturated rings. The molecule has 1 heterocycles. The van der Waals surface area contributed by atoms with Crippen LogP contribution >= 0.6 is 15.9 Å². The third-order valence-electron chi connectivity index (χ3n) is 2.67. The van der Waals surface area contributed by atoms with Crippen LogP contribution in [0.15, 0.2) is 57.6 Å². The average Bonchev–Trinajstić information content (AvgIpc) is 3.02. The number of amides is 2. The fourth-order valence-corrected chi connectivity index (χ4v) is 1.90. The van der Waals surface area contributed by atoms with Crippen LogP contribution in [0.5, 0.6) is 0 Å². The zero-order chi connectivity index (χ0) is 17.4. The zero-order valence-electron chi connectivity index (χ0n) is 12.3. The number of ether oxygens (including phenoxy) is 1. The van der Waals surface area contributed by atoms with E-state index in [-0.39, 0.29) is 0 Å². The number of esters is 1. The Kier molecular flexibility index (Phi) is 6.32. The third kappa shape index (κ3) is 5.73. The maximum absolute atomic E-state index is 11.7. The van der Waals surface area contributed by atoms with E-state index in [0.29, 0.717) is 16.0 Å². The van der Waals surface area contributed by atoms with E-state index in [0.717, 1.165) is 6.08 Å². The molecular formula is C16H13BrN2O5. The Labute approximate surface area is 145 Å². The summed E-state index contributed by atoms with van der Waals surface area (Å²) in [5.74, 6) is -1.40. The summed E-state index contributed by atoms with van der Waals surface area (Å²) in [7, 11) is 0. The van der Waals surface area contributed by atoms with Crippen molar-refractivity contribution in [3.05, 3.63) is 64.5 Å². The summed E-state index contributed by atoms with van der Waals surface area (Å²) < 4.78 is 10.4. The van der Waals surface area contributed by atoms with Gasteiger partial charge in [0, 0.05) is 11.6 Å². The molecule has 0 spiro atoms. The number of hydrazine groups is 1. The quantitative estimate of drug-likeness (QED) is 0.461. The Hall–Kier alpha value is -2.87. The Morgan fingerprint density at radius 3 is 2.50 bits per heavy atom. The number of rotatable bonds is 5. The van der Waals surface area contributed by atoms with Crippen molar-refractivity contribution in [2.75, 3.05) is 6.61 Å². The van der Waals surface area contributed by atoms with Gasteiger partial charge < -0.3 is 9.15 Å². The van der Waals surface area contributed by atoms with Crippen LogP contribution in [-0.2, 0) is 14.3 Å². The highest BCUT2D eigenvalue weighted by molar-refractivity contribution is 9.10. The number of carbonyl (C=O) groups excluding carboxylic acids is 3. The molecule has 8 heteroatoms. The van der Waals surface area contributed by atoms with E-state index >= 15 is 0 Å². The summed E-state index contributed by atoms with van der Waals surface area (Å²) in [6, 6.07) is 11.7. The lowest BCUT2D eigenvalue weighted by molar-refractivity contribution is -0.144. The Morgan fingerprint density at radius 2 is 1.83 bits per heavy atom. The second-order valence-electron chi connectivity index (χ2n) is 4.45. The van der Waals surface area contributed by atoms with Gasteiger partial charge in [-0.05, 0) is 46.3 Å². The molecule has 1 aromatic carbocycles. The molecule has 2 N–H and O–H groups in total. The average molecular weight is 393 g/mol. The molecule has 0 saturated carbocycles. The van der Waals surface area contributed by atoms with E-state index in [4.69, 9.17) is 9.15 Å². The first-order valence-electron chi connectivity index (χ1n) is 6.79. The first-order valence-corrected chi connectivity index (χ1v) is 7.58. The van der Waals surface area contributed by atoms with Gasteiger partial charge in [-0.25, -0.2) is 4.79 Å². The molecule has 2 rings (SSSR count). The molecule has 0 aliphatic rings. The molecule has 24 heavy (non-hydrogen) atoms. The first kappa shape index (κ1) is 17.5. The van der Waals surface area contributed by atoms with E-state index in [2.05, 4.69) is 26.8 Å². The van der Waals surface area contributed by atoms with E-state index < -0.39 is 24.4 Å². The third-order valence-corrected chi connectivity index (χ3v) is 3.10. The lowest BCUT2D eigenvalue weighted by Gasteiger charge is -2.07. The molecule has 2 aromatic rings. The van der Waals surface area contributed by atoms with Crippen molar-refractivity contribution in [1.82, 2.24) is 10.9 Å². The summed E-state index contributed by atoms with van der Waals surface area (Å²) in [5, 5.41) is 0. The van der Waals surface area contributed by atoms with E-state index in [1.54, 1.807) is 42.5 Å². The van der Waals surface area contributed by atoms with Crippen LogP contribution in [0.4, 0.5) is 0 Å². The van der Waals surface area contributed by atoms with Gasteiger partial charge in [-0.1, -0.05) is 18.2 Å². The summed E-state index contributed by atoms with van der Waals surface area (Å²) in [6.45, 7) is -0.528. The molecule has 0 aliphatic heterocycles. The van der Waals surface area contributed by atoms with Crippen molar-refractivity contribution < 1.29 is 23.5 Å². The van der Waals surface area contributed by atoms with Crippen molar-refractivity contribution in [1.29, 1.82) is 0 Å². The molecule has 0 unspecified atom stereocenters. The Bertz CT molecular complexity index is 755. The van der Waals surface area contributed by atoms with E-state index in [9.17, 15) is 14.4 Å². The minimum Gasteiger partial charge on any atom is -0.452 e. The standard InChI is InChI=1S/C16H13BrN2O5/c17-13-8-6-12(24-13)7-9-15(21)23-10-14(20)18-19-16(22)11-4-2-1-3-5-11/h1-9H,10H2,(H,18,20)(H,19,22). The molecule has 0 radical (unpaired) electrons. The van der Waals surface area contributed by atoms with Crippen LogP contribution < -0.4 is 10.9 Å². The van der Waals surface area contributed by atoms with Gasteiger partial charge in [0.15, 0.2) is 11.3 Å². The molecular weight excluding hydrogens is 380 g/mol. The van der Waals surface area contributed by atoms with Crippen molar-refractivity contribution in [3.8, 4) is 0 Å². The Morgan fingerprint density at radius 1 is 1.08 bits per heavy atom. The van der Waals surface area contributed by atoms with E-state index in [1.165, 1.54) is 6.08 Å². The second kappa shape index (κ2) is 8.68. The van der Waals surface area contributed by atoms with Crippen LogP contribution in [-0.4, -0.2) is 24.4 Å². The SMILES string of the molecule is O=C(COC(=O)C=Cc1ccc(Br)o1)NNC(=O)c1ccccc1. The van der Waals surface area contributed by atoms with Crippen molar-refractivity contribution >= 4 is 39.8 Å². The fourth-order valence-electron chi connectivity index (χ4n) is 1.58. The van der Waals surface area contributed by atoms with Crippen molar-refractivity contribution in [2.24, 2.45) is 0 Å². The van der Waals surface area contributed by atoms with Gasteiger partial charge in [0.1, 0.15) is 5.76 Å². The van der Waals surface area contributed by atoms with Gasteiger partial charge in [-0.3, -0.25) is 20.4 Å². The fraction of sp³-hybridized carbons (Fsp3) is 0.0625. The molecule has 7 nitrogen and oxygen atoms in total. The normalized spacial score (nSPS) is 10.4. The summed E-state index contributed by atoms with van der Waals surface area (Å²) in [6.07, 6.45) is 2.53. The van der Waals surface area contributed by atoms with Crippen LogP contribution in [0.25, 0.3) is 6.08 Å². The molecule has 124 valence electrons. The molecule has 1 aromatic heterocycles. The maximum atomic E-state index is 11.7. The predicted octanol–water partition coefficient (Wildman–Crippen LogP) is 2.06. The number of halogens is 1. The number of hydrogen-bond donors (Lipinski definition) is 2. The molecule has 0 bridgehead atoms. The number of furan rings is 1. The number of benzene rings is 1. The monoisotopic (exact) mass is 392 g/mol. The summed E-state index contributed by atoms with van der Waals surface area (Å²) in [4.78, 5) is 34.7. The summed E-state index contributed by atoms with van der Waals surface area (Å²) in [5.41, 5.74) is 4.76. The van der Waals surface area contributed by atoms with Gasteiger partial charge in [0.2, 0.25) is 0 Å². The van der Waals surface area contributed by atoms with Gasteiger partial charge >= 0.3 is 5.97 Å². The molecule has 2 amide bonds. The molecule has 0 atom stereocenters. The van der Waals surface area contributed by atoms with Gasteiger partial charge in [0.25, 0.3) is 11.8 Å². The zero-order valence-corrected chi connectivity index (χ0v) is 13.9. The smallest absolute Gasteiger partial charge is 0.331 e. The molecule has 0 aliphatic carbocycles.